The third kappa shape index (κ3) is 9.75. The van der Waals surface area contributed by atoms with Gasteiger partial charge in [0.2, 0.25) is 0 Å². The van der Waals surface area contributed by atoms with Crippen LogP contribution in [0.15, 0.2) is 60.9 Å². The first kappa shape index (κ1) is 34.4. The van der Waals surface area contributed by atoms with Crippen LogP contribution >= 0.6 is 0 Å². The minimum atomic E-state index is -0.109. The van der Waals surface area contributed by atoms with Crippen molar-refractivity contribution in [1.29, 1.82) is 0 Å². The highest BCUT2D eigenvalue weighted by Crippen LogP contribution is 2.32. The number of nitrogens with zero attached hydrogens (tertiary/aromatic N) is 3. The molecule has 6 nitrogen and oxygen atoms in total. The molecular formula is C39H55N5O. The number of amides is 1. The molecule has 1 saturated heterocycles. The van der Waals surface area contributed by atoms with Gasteiger partial charge in [-0.2, -0.15) is 0 Å². The molecule has 3 aromatic rings. The van der Waals surface area contributed by atoms with Crippen LogP contribution in [0.3, 0.4) is 0 Å². The van der Waals surface area contributed by atoms with Gasteiger partial charge in [0.1, 0.15) is 0 Å². The average molecular weight is 610 g/mol. The van der Waals surface area contributed by atoms with Gasteiger partial charge < -0.3 is 15.5 Å². The van der Waals surface area contributed by atoms with Gasteiger partial charge in [-0.15, -0.1) is 0 Å². The number of piperazine rings is 1. The molecule has 1 aliphatic heterocycles. The van der Waals surface area contributed by atoms with Crippen LogP contribution in [-0.4, -0.2) is 61.0 Å². The number of benzene rings is 2. The van der Waals surface area contributed by atoms with Crippen LogP contribution in [0.5, 0.6) is 0 Å². The second-order valence-electron chi connectivity index (χ2n) is 12.8. The van der Waals surface area contributed by atoms with Gasteiger partial charge in [-0.05, 0) is 85.8 Å². The Morgan fingerprint density at radius 1 is 0.978 bits per heavy atom. The number of hydrogen-bond donors (Lipinski definition) is 2. The molecule has 0 spiro atoms. The average Bonchev–Trinajstić information content (AvgIpc) is 3.05. The van der Waals surface area contributed by atoms with Gasteiger partial charge in [0.25, 0.3) is 5.91 Å². The highest BCUT2D eigenvalue weighted by Gasteiger charge is 2.18. The van der Waals surface area contributed by atoms with Gasteiger partial charge in [0.05, 0.1) is 0 Å². The van der Waals surface area contributed by atoms with Crippen LogP contribution in [0.4, 0.5) is 11.4 Å². The maximum Gasteiger partial charge on any atom is 0.256 e. The molecule has 4 rings (SSSR count). The zero-order valence-electron chi connectivity index (χ0n) is 28.6. The van der Waals surface area contributed by atoms with Crippen molar-refractivity contribution >= 4 is 22.9 Å². The largest absolute Gasteiger partial charge is 0.388 e. The maximum atomic E-state index is 13.7. The molecule has 0 aliphatic carbocycles. The third-order valence-corrected chi connectivity index (χ3v) is 9.39. The number of rotatable bonds is 15. The summed E-state index contributed by atoms with van der Waals surface area (Å²) < 4.78 is 0. The van der Waals surface area contributed by atoms with E-state index in [1.807, 2.05) is 32.4 Å². The van der Waals surface area contributed by atoms with E-state index in [1.165, 1.54) is 55.2 Å². The summed E-state index contributed by atoms with van der Waals surface area (Å²) >= 11 is 0. The number of likely N-dealkylation sites (N-methyl/N-ethyl adjacent to an activating group) is 1. The molecule has 2 heterocycles. The van der Waals surface area contributed by atoms with Gasteiger partial charge in [-0.25, -0.2) is 0 Å². The van der Waals surface area contributed by atoms with E-state index in [0.717, 1.165) is 67.2 Å². The Hall–Kier alpha value is -3.48. The summed E-state index contributed by atoms with van der Waals surface area (Å²) in [4.78, 5) is 23.2. The Balaban J connectivity index is 1.47. The fraction of sp³-hybridized carbons (Fsp3) is 0.487. The van der Waals surface area contributed by atoms with Crippen LogP contribution in [-0.2, 0) is 17.8 Å². The van der Waals surface area contributed by atoms with E-state index < -0.39 is 0 Å². The number of hydrogen-bond acceptors (Lipinski definition) is 5. The zero-order chi connectivity index (χ0) is 32.2. The Morgan fingerprint density at radius 3 is 2.47 bits per heavy atom. The molecule has 1 aliphatic rings. The zero-order valence-corrected chi connectivity index (χ0v) is 28.6. The van der Waals surface area contributed by atoms with Crippen molar-refractivity contribution in [3.8, 4) is 11.1 Å². The van der Waals surface area contributed by atoms with Crippen molar-refractivity contribution in [1.82, 2.24) is 14.8 Å². The van der Waals surface area contributed by atoms with Crippen LogP contribution in [0.1, 0.15) is 81.5 Å². The van der Waals surface area contributed by atoms with Gasteiger partial charge in [-0.1, -0.05) is 70.6 Å². The molecule has 1 unspecified atom stereocenters. The lowest BCUT2D eigenvalue weighted by Crippen LogP contribution is -2.43. The van der Waals surface area contributed by atoms with Gasteiger partial charge in [0.15, 0.2) is 0 Å². The number of nitrogens with one attached hydrogen (secondary N) is 2. The molecule has 1 aromatic heterocycles. The smallest absolute Gasteiger partial charge is 0.256 e. The maximum absolute atomic E-state index is 13.7. The van der Waals surface area contributed by atoms with Crippen LogP contribution in [0.25, 0.3) is 16.7 Å². The quantitative estimate of drug-likeness (QED) is 0.134. The van der Waals surface area contributed by atoms with Gasteiger partial charge >= 0.3 is 0 Å². The van der Waals surface area contributed by atoms with Gasteiger partial charge in [0, 0.05) is 80.2 Å². The first-order chi connectivity index (χ1) is 21.8. The lowest BCUT2D eigenvalue weighted by Gasteiger charge is -2.32. The van der Waals surface area contributed by atoms with Crippen LogP contribution in [0, 0.1) is 12.8 Å². The number of allylic oxidation sites excluding steroid dienone is 1. The molecule has 242 valence electrons. The monoisotopic (exact) mass is 609 g/mol. The third-order valence-electron chi connectivity index (χ3n) is 9.39. The number of pyridine rings is 1. The Labute approximate surface area is 272 Å². The molecule has 1 atom stereocenters. The molecule has 1 fully saturated rings. The summed E-state index contributed by atoms with van der Waals surface area (Å²) in [5, 5.41) is 6.48. The predicted octanol–water partition coefficient (Wildman–Crippen LogP) is 8.43. The number of carbonyl (C=O) groups is 1. The number of aromatic nitrogens is 1. The normalized spacial score (nSPS) is 15.2. The summed E-state index contributed by atoms with van der Waals surface area (Å²) in [5.41, 5.74) is 9.20. The lowest BCUT2D eigenvalue weighted by atomic mass is 9.89. The predicted molar refractivity (Wildman–Crippen MR) is 192 cm³/mol. The highest BCUT2D eigenvalue weighted by molar-refractivity contribution is 6.26. The lowest BCUT2D eigenvalue weighted by molar-refractivity contribution is -0.111. The standard InChI is InChI=1S/C39H55N5O/c1-7-10-11-12-13-30(8-2)23-32-14-16-35(22-29(32)4)42-39(45)36(9-3)37-25-33(15-17-38(37)40-5)34-24-31(26-41-27-34)28-44-20-18-43(6)19-21-44/h9,14-17,22,24-27,30,40H,7-8,10-13,18-21,23,28H2,1-6H3,(H,42,45). The first-order valence-corrected chi connectivity index (χ1v) is 17.1. The number of anilines is 2. The molecule has 0 radical (unpaired) electrons. The summed E-state index contributed by atoms with van der Waals surface area (Å²) in [5.74, 6) is 0.605. The fourth-order valence-electron chi connectivity index (χ4n) is 6.39. The Morgan fingerprint density at radius 2 is 1.78 bits per heavy atom. The van der Waals surface area contributed by atoms with Crippen molar-refractivity contribution in [2.45, 2.75) is 79.2 Å². The summed E-state index contributed by atoms with van der Waals surface area (Å²) in [7, 11) is 4.08. The number of carbonyl (C=O) groups excluding carboxylic acids is 1. The molecular weight excluding hydrogens is 554 g/mol. The van der Waals surface area contributed by atoms with E-state index in [-0.39, 0.29) is 5.91 Å². The van der Waals surface area contributed by atoms with E-state index in [2.05, 4.69) is 95.7 Å². The van der Waals surface area contributed by atoms with Gasteiger partial charge in [-0.3, -0.25) is 14.7 Å². The minimum Gasteiger partial charge on any atom is -0.388 e. The number of aryl methyl sites for hydroxylation is 1. The van der Waals surface area contributed by atoms with Crippen LogP contribution in [0.2, 0.25) is 0 Å². The highest BCUT2D eigenvalue weighted by atomic mass is 16.1. The summed E-state index contributed by atoms with van der Waals surface area (Å²) in [6.07, 6.45) is 14.7. The molecule has 0 bridgehead atoms. The Bertz CT molecular complexity index is 1420. The Kier molecular flexibility index (Phi) is 13.2. The molecule has 6 heteroatoms. The van der Waals surface area contributed by atoms with E-state index >= 15 is 0 Å². The molecule has 2 aromatic carbocycles. The summed E-state index contributed by atoms with van der Waals surface area (Å²) in [6.45, 7) is 13.9. The second-order valence-corrected chi connectivity index (χ2v) is 12.8. The topological polar surface area (TPSA) is 60.5 Å². The molecule has 0 saturated carbocycles. The second kappa shape index (κ2) is 17.3. The summed E-state index contributed by atoms with van der Waals surface area (Å²) in [6, 6.07) is 14.9. The van der Waals surface area contributed by atoms with Crippen molar-refractivity contribution in [2.24, 2.45) is 5.92 Å². The van der Waals surface area contributed by atoms with E-state index in [0.29, 0.717) is 11.5 Å². The minimum absolute atomic E-state index is 0.109. The molecule has 45 heavy (non-hydrogen) atoms. The van der Waals surface area contributed by atoms with Crippen molar-refractivity contribution in [3.05, 3.63) is 83.2 Å². The number of unbranched alkanes of at least 4 members (excludes halogenated alkanes) is 3. The molecule has 2 N–H and O–H groups in total. The first-order valence-electron chi connectivity index (χ1n) is 17.1. The van der Waals surface area contributed by atoms with E-state index in [1.54, 1.807) is 0 Å². The van der Waals surface area contributed by atoms with E-state index in [4.69, 9.17) is 0 Å². The molecule has 1 amide bonds. The van der Waals surface area contributed by atoms with E-state index in [9.17, 15) is 4.79 Å². The fourth-order valence-corrected chi connectivity index (χ4v) is 6.39. The van der Waals surface area contributed by atoms with Crippen molar-refractivity contribution < 1.29 is 4.79 Å². The van der Waals surface area contributed by atoms with Crippen LogP contribution < -0.4 is 10.6 Å². The SMILES string of the molecule is CC=C(C(=O)Nc1ccc(CC(CC)CCCCCC)c(C)c1)c1cc(-c2cncc(CN3CCN(C)CC3)c2)ccc1NC. The van der Waals surface area contributed by atoms with Crippen molar-refractivity contribution in [3.63, 3.8) is 0 Å². The van der Waals surface area contributed by atoms with Crippen molar-refractivity contribution in [2.75, 3.05) is 50.9 Å².